The summed E-state index contributed by atoms with van der Waals surface area (Å²) in [4.78, 5) is 42.7. The number of phosphoric ester groups is 1. The van der Waals surface area contributed by atoms with E-state index in [-0.39, 0.29) is 19.4 Å². The lowest BCUT2D eigenvalue weighted by Gasteiger charge is -2.18. The van der Waals surface area contributed by atoms with Crippen LogP contribution in [0.15, 0.2) is 72.9 Å². The van der Waals surface area contributed by atoms with Gasteiger partial charge in [-0.3, -0.25) is 14.1 Å². The van der Waals surface area contributed by atoms with E-state index in [0.717, 1.165) is 70.6 Å². The Balaban J connectivity index is 4.03. The van der Waals surface area contributed by atoms with E-state index < -0.39 is 32.5 Å². The van der Waals surface area contributed by atoms with Gasteiger partial charge in [-0.2, -0.15) is 0 Å². The maximum atomic E-state index is 12.4. The van der Waals surface area contributed by atoms with Gasteiger partial charge in [0.25, 0.3) is 0 Å². The lowest BCUT2D eigenvalue weighted by atomic mass is 10.1. The van der Waals surface area contributed by atoms with Gasteiger partial charge in [0.05, 0.1) is 6.61 Å². The second-order valence-electron chi connectivity index (χ2n) is 12.9. The molecule has 0 amide bonds. The lowest BCUT2D eigenvalue weighted by Crippen LogP contribution is -2.29. The highest BCUT2D eigenvalue weighted by Gasteiger charge is 2.22. The van der Waals surface area contributed by atoms with E-state index in [1.165, 1.54) is 51.4 Å². The number of carbonyl (C=O) groups is 2. The second kappa shape index (κ2) is 37.3. The Hall–Kier alpha value is -2.51. The van der Waals surface area contributed by atoms with Crippen LogP contribution in [-0.4, -0.2) is 41.0 Å². The minimum Gasteiger partial charge on any atom is -0.462 e. The molecule has 292 valence electrons. The predicted molar refractivity (Wildman–Crippen MR) is 211 cm³/mol. The summed E-state index contributed by atoms with van der Waals surface area (Å²) in [5.41, 5.74) is 0. The molecule has 2 N–H and O–H groups in total. The highest BCUT2D eigenvalue weighted by molar-refractivity contribution is 7.46. The molecule has 0 radical (unpaired) electrons. The molecule has 51 heavy (non-hydrogen) atoms. The molecule has 1 atom stereocenters. The minimum absolute atomic E-state index is 0.154. The Bertz CT molecular complexity index is 1050. The predicted octanol–water partition coefficient (Wildman–Crippen LogP) is 11.9. The van der Waals surface area contributed by atoms with Gasteiger partial charge in [0.2, 0.25) is 0 Å². The zero-order valence-corrected chi connectivity index (χ0v) is 32.9. The van der Waals surface area contributed by atoms with Gasteiger partial charge in [-0.15, -0.1) is 0 Å². The zero-order valence-electron chi connectivity index (χ0n) is 32.0. The van der Waals surface area contributed by atoms with Gasteiger partial charge in [-0.05, 0) is 83.5 Å². The van der Waals surface area contributed by atoms with Crippen LogP contribution in [0.3, 0.4) is 0 Å². The average molecular weight is 735 g/mol. The summed E-state index contributed by atoms with van der Waals surface area (Å²) in [6, 6.07) is 0. The third-order valence-corrected chi connectivity index (χ3v) is 8.44. The molecule has 0 bridgehead atoms. The fraction of sp³-hybridized carbons (Fsp3) is 0.667. The third-order valence-electron chi connectivity index (χ3n) is 7.96. The summed E-state index contributed by atoms with van der Waals surface area (Å²) in [6.45, 7) is 3.50. The number of phosphoric acid groups is 1. The summed E-state index contributed by atoms with van der Waals surface area (Å²) in [6.07, 6.45) is 47.7. The van der Waals surface area contributed by atoms with Gasteiger partial charge in [0.15, 0.2) is 6.10 Å². The van der Waals surface area contributed by atoms with Gasteiger partial charge >= 0.3 is 19.8 Å². The number of unbranched alkanes of at least 4 members (excludes halogenated alkanes) is 13. The third kappa shape index (κ3) is 40.1. The van der Waals surface area contributed by atoms with E-state index in [2.05, 4.69) is 91.3 Å². The van der Waals surface area contributed by atoms with Gasteiger partial charge in [0, 0.05) is 12.8 Å². The van der Waals surface area contributed by atoms with Crippen molar-refractivity contribution >= 4 is 19.8 Å². The van der Waals surface area contributed by atoms with E-state index in [1.807, 2.05) is 0 Å². The van der Waals surface area contributed by atoms with Gasteiger partial charge in [0.1, 0.15) is 6.61 Å². The van der Waals surface area contributed by atoms with E-state index in [1.54, 1.807) is 0 Å². The van der Waals surface area contributed by atoms with Crippen LogP contribution < -0.4 is 0 Å². The van der Waals surface area contributed by atoms with E-state index in [0.29, 0.717) is 12.8 Å². The van der Waals surface area contributed by atoms with Crippen molar-refractivity contribution in [1.29, 1.82) is 0 Å². The van der Waals surface area contributed by atoms with Crippen molar-refractivity contribution in [3.05, 3.63) is 72.9 Å². The Labute approximate surface area is 310 Å². The van der Waals surface area contributed by atoms with Crippen molar-refractivity contribution in [2.45, 2.75) is 168 Å². The van der Waals surface area contributed by atoms with E-state index in [9.17, 15) is 14.2 Å². The molecule has 0 aliphatic rings. The molecule has 0 rings (SSSR count). The highest BCUT2D eigenvalue weighted by Crippen LogP contribution is 2.36. The first kappa shape index (κ1) is 48.5. The fourth-order valence-electron chi connectivity index (χ4n) is 5.04. The zero-order chi connectivity index (χ0) is 37.5. The fourth-order valence-corrected chi connectivity index (χ4v) is 5.40. The van der Waals surface area contributed by atoms with Crippen molar-refractivity contribution in [3.63, 3.8) is 0 Å². The number of allylic oxidation sites excluding steroid dienone is 12. The van der Waals surface area contributed by atoms with Crippen LogP contribution in [0.25, 0.3) is 0 Å². The number of ether oxygens (including phenoxy) is 2. The molecule has 0 aliphatic carbocycles. The molecule has 0 saturated carbocycles. The SMILES string of the molecule is CC/C=C\C/C=C\C/C=C\C/C=C\CCCCC(=O)OC(COC(=O)CCCCCCCCC/C=C\C/C=C\CCCCCC)COP(=O)(O)O. The maximum Gasteiger partial charge on any atom is 0.469 e. The summed E-state index contributed by atoms with van der Waals surface area (Å²) in [5.74, 6) is -0.949. The minimum atomic E-state index is -4.77. The van der Waals surface area contributed by atoms with Crippen LogP contribution in [0.4, 0.5) is 0 Å². The van der Waals surface area contributed by atoms with Crippen LogP contribution in [0, 0.1) is 0 Å². The smallest absolute Gasteiger partial charge is 0.462 e. The van der Waals surface area contributed by atoms with Crippen LogP contribution in [0.5, 0.6) is 0 Å². The molecule has 1 unspecified atom stereocenters. The first-order valence-corrected chi connectivity index (χ1v) is 21.3. The van der Waals surface area contributed by atoms with Crippen molar-refractivity contribution in [2.75, 3.05) is 13.2 Å². The highest BCUT2D eigenvalue weighted by atomic mass is 31.2. The van der Waals surface area contributed by atoms with E-state index >= 15 is 0 Å². The summed E-state index contributed by atoms with van der Waals surface area (Å²) < 4.78 is 26.3. The first-order valence-electron chi connectivity index (χ1n) is 19.7. The quantitative estimate of drug-likeness (QED) is 0.0286. The van der Waals surface area contributed by atoms with Gasteiger partial charge < -0.3 is 19.3 Å². The maximum absolute atomic E-state index is 12.4. The van der Waals surface area contributed by atoms with Gasteiger partial charge in [-0.25, -0.2) is 4.57 Å². The van der Waals surface area contributed by atoms with Crippen LogP contribution >= 0.6 is 7.82 Å². The van der Waals surface area contributed by atoms with E-state index in [4.69, 9.17) is 19.3 Å². The number of rotatable bonds is 35. The molecule has 0 aromatic heterocycles. The Morgan fingerprint density at radius 1 is 0.529 bits per heavy atom. The Morgan fingerprint density at radius 2 is 0.941 bits per heavy atom. The standard InChI is InChI=1S/C42H71O8P/c1-3-5-7-9-11-13-15-17-19-20-21-23-24-26-28-30-32-34-36-41(43)48-38-40(39-49-51(45,46)47)50-42(44)37-35-33-31-29-27-25-22-18-16-14-12-10-8-6-4-2/h6,8,12-15,18-20,22,27,29,40H,3-5,7,9-11,16-17,21,23-26,28,30-39H2,1-2H3,(H2,45,46,47)/b8-6-,14-12-,15-13-,20-19-,22-18-,29-27-. The normalized spacial score (nSPS) is 13.3. The molecular weight excluding hydrogens is 663 g/mol. The molecule has 0 aromatic carbocycles. The topological polar surface area (TPSA) is 119 Å². The molecule has 9 heteroatoms. The Kier molecular flexibility index (Phi) is 35.4. The average Bonchev–Trinajstić information content (AvgIpc) is 3.10. The molecule has 0 aliphatic heterocycles. The number of hydrogen-bond acceptors (Lipinski definition) is 6. The largest absolute Gasteiger partial charge is 0.469 e. The molecule has 0 saturated heterocycles. The van der Waals surface area contributed by atoms with Crippen LogP contribution in [-0.2, 0) is 28.2 Å². The Morgan fingerprint density at radius 3 is 1.45 bits per heavy atom. The summed E-state index contributed by atoms with van der Waals surface area (Å²) >= 11 is 0. The monoisotopic (exact) mass is 734 g/mol. The van der Waals surface area contributed by atoms with Crippen molar-refractivity contribution in [2.24, 2.45) is 0 Å². The second-order valence-corrected chi connectivity index (χ2v) is 14.1. The van der Waals surface area contributed by atoms with Crippen molar-refractivity contribution in [1.82, 2.24) is 0 Å². The molecule has 8 nitrogen and oxygen atoms in total. The molecule has 0 fully saturated rings. The number of esters is 2. The van der Waals surface area contributed by atoms with Crippen LogP contribution in [0.1, 0.15) is 162 Å². The molecule has 0 heterocycles. The number of hydrogen-bond donors (Lipinski definition) is 2. The van der Waals surface area contributed by atoms with Crippen molar-refractivity contribution < 1.29 is 37.9 Å². The molecular formula is C42H71O8P. The lowest BCUT2D eigenvalue weighted by molar-refractivity contribution is -0.161. The molecule has 0 spiro atoms. The number of carbonyl (C=O) groups excluding carboxylic acids is 2. The molecule has 0 aromatic rings. The van der Waals surface area contributed by atoms with Crippen molar-refractivity contribution in [3.8, 4) is 0 Å². The first-order chi connectivity index (χ1) is 24.8. The van der Waals surface area contributed by atoms with Gasteiger partial charge in [-0.1, -0.05) is 138 Å². The summed E-state index contributed by atoms with van der Waals surface area (Å²) in [7, 11) is -4.77. The van der Waals surface area contributed by atoms with Crippen LogP contribution in [0.2, 0.25) is 0 Å². The summed E-state index contributed by atoms with van der Waals surface area (Å²) in [5, 5.41) is 0.